The number of hydrogen-bond acceptors (Lipinski definition) is 5. The van der Waals surface area contributed by atoms with Gasteiger partial charge >= 0.3 is 0 Å². The lowest BCUT2D eigenvalue weighted by molar-refractivity contribution is 0.669. The zero-order valence-electron chi connectivity index (χ0n) is 30.5. The highest BCUT2D eigenvalue weighted by molar-refractivity contribution is 6.19. The zero-order valence-corrected chi connectivity index (χ0v) is 30.5. The smallest absolute Gasteiger partial charge is 0.164 e. The van der Waals surface area contributed by atoms with Crippen molar-refractivity contribution in [3.8, 4) is 78.7 Å². The number of furan rings is 1. The van der Waals surface area contributed by atoms with Crippen LogP contribution in [0.3, 0.4) is 0 Å². The molecule has 0 aliphatic heterocycles. The maximum Gasteiger partial charge on any atom is 0.164 e. The molecule has 11 aromatic rings. The highest BCUT2D eigenvalue weighted by Gasteiger charge is 2.23. The Morgan fingerprint density at radius 2 is 0.895 bits per heavy atom. The summed E-state index contributed by atoms with van der Waals surface area (Å²) in [4.78, 5) is 20.0. The van der Waals surface area contributed by atoms with Crippen LogP contribution >= 0.6 is 0 Å². The average Bonchev–Trinajstić information content (AvgIpc) is 3.83. The molecule has 5 heteroatoms. The number of fused-ring (bicyclic) bond motifs is 7. The second kappa shape index (κ2) is 12.4. The van der Waals surface area contributed by atoms with Crippen LogP contribution in [0.25, 0.3) is 122 Å². The molecule has 8 aromatic carbocycles. The molecule has 0 spiro atoms. The van der Waals surface area contributed by atoms with E-state index in [9.17, 15) is 0 Å². The van der Waals surface area contributed by atoms with Gasteiger partial charge in [-0.05, 0) is 90.8 Å². The second-order valence-electron chi connectivity index (χ2n) is 14.5. The third-order valence-electron chi connectivity index (χ3n) is 11.4. The van der Waals surface area contributed by atoms with Gasteiger partial charge in [-0.25, -0.2) is 15.0 Å². The molecule has 0 unspecified atom stereocenters. The lowest BCUT2D eigenvalue weighted by Crippen LogP contribution is -2.01. The van der Waals surface area contributed by atoms with Crippen LogP contribution in [0.1, 0.15) is 0 Å². The molecule has 0 bridgehead atoms. The first-order valence-electron chi connectivity index (χ1n) is 19.1. The van der Waals surface area contributed by atoms with E-state index in [1.807, 2.05) is 48.8 Å². The Morgan fingerprint density at radius 1 is 0.316 bits per heavy atom. The molecule has 0 N–H and O–H groups in total. The maximum absolute atomic E-state index is 6.29. The van der Waals surface area contributed by atoms with Crippen molar-refractivity contribution in [1.82, 2.24) is 19.9 Å². The first-order chi connectivity index (χ1) is 28.3. The van der Waals surface area contributed by atoms with Gasteiger partial charge in [-0.2, -0.15) is 0 Å². The van der Waals surface area contributed by atoms with Gasteiger partial charge < -0.3 is 4.42 Å². The minimum Gasteiger partial charge on any atom is -0.456 e. The molecular weight excluding hydrogens is 697 g/mol. The summed E-state index contributed by atoms with van der Waals surface area (Å²) in [5, 5.41) is 6.88. The molecule has 5 nitrogen and oxygen atoms in total. The van der Waals surface area contributed by atoms with Gasteiger partial charge in [0.15, 0.2) is 17.5 Å². The third kappa shape index (κ3) is 4.89. The van der Waals surface area contributed by atoms with Crippen molar-refractivity contribution in [2.45, 2.75) is 0 Å². The first-order valence-corrected chi connectivity index (χ1v) is 19.1. The van der Waals surface area contributed by atoms with Crippen molar-refractivity contribution in [2.24, 2.45) is 0 Å². The van der Waals surface area contributed by atoms with Gasteiger partial charge in [0.2, 0.25) is 0 Å². The Balaban J connectivity index is 1.03. The van der Waals surface area contributed by atoms with E-state index >= 15 is 0 Å². The summed E-state index contributed by atoms with van der Waals surface area (Å²) in [7, 11) is 0. The number of hydrogen-bond donors (Lipinski definition) is 0. The number of rotatable bonds is 5. The molecule has 0 saturated carbocycles. The van der Waals surface area contributed by atoms with E-state index in [1.165, 1.54) is 33.0 Å². The normalized spacial score (nSPS) is 11.9. The van der Waals surface area contributed by atoms with Crippen LogP contribution in [-0.4, -0.2) is 19.9 Å². The van der Waals surface area contributed by atoms with E-state index < -0.39 is 0 Å². The van der Waals surface area contributed by atoms with Crippen molar-refractivity contribution in [3.05, 3.63) is 182 Å². The van der Waals surface area contributed by atoms with Crippen molar-refractivity contribution >= 4 is 43.5 Å². The van der Waals surface area contributed by atoms with E-state index in [2.05, 4.69) is 138 Å². The van der Waals surface area contributed by atoms with E-state index in [1.54, 1.807) is 0 Å². The Bertz CT molecular complexity index is 3390. The summed E-state index contributed by atoms with van der Waals surface area (Å²) in [5.41, 5.74) is 14.0. The predicted molar refractivity (Wildman–Crippen MR) is 232 cm³/mol. The largest absolute Gasteiger partial charge is 0.456 e. The SMILES string of the molecule is c1ccc(-c2nc(-c3cccc(-c4ccc5c6c(cccc46)-c4cnccc4-5)c3)nc(-c3ccc(-c4cccc5oc6ccccc6c45)c4ccccc34)n2)cc1. The Labute approximate surface area is 327 Å². The van der Waals surface area contributed by atoms with Gasteiger partial charge in [-0.3, -0.25) is 4.98 Å². The summed E-state index contributed by atoms with van der Waals surface area (Å²) in [6.07, 6.45) is 3.85. The summed E-state index contributed by atoms with van der Waals surface area (Å²) in [6.45, 7) is 0. The molecule has 264 valence electrons. The van der Waals surface area contributed by atoms with E-state index in [0.29, 0.717) is 17.5 Å². The lowest BCUT2D eigenvalue weighted by Gasteiger charge is -2.14. The van der Waals surface area contributed by atoms with Crippen LogP contribution in [0.2, 0.25) is 0 Å². The van der Waals surface area contributed by atoms with Crippen molar-refractivity contribution in [2.75, 3.05) is 0 Å². The highest BCUT2D eigenvalue weighted by atomic mass is 16.3. The van der Waals surface area contributed by atoms with Crippen molar-refractivity contribution < 1.29 is 4.42 Å². The number of nitrogens with zero attached hydrogens (tertiary/aromatic N) is 4. The maximum atomic E-state index is 6.29. The van der Waals surface area contributed by atoms with Gasteiger partial charge in [0.1, 0.15) is 11.2 Å². The zero-order chi connectivity index (χ0) is 37.5. The summed E-state index contributed by atoms with van der Waals surface area (Å²) >= 11 is 0. The minimum absolute atomic E-state index is 0.618. The summed E-state index contributed by atoms with van der Waals surface area (Å²) < 4.78 is 6.29. The minimum atomic E-state index is 0.618. The summed E-state index contributed by atoms with van der Waals surface area (Å²) in [5.74, 6) is 1.86. The quantitative estimate of drug-likeness (QED) is 0.177. The fraction of sp³-hybridized carbons (Fsp3) is 0. The van der Waals surface area contributed by atoms with Crippen LogP contribution in [0.4, 0.5) is 0 Å². The van der Waals surface area contributed by atoms with Crippen LogP contribution in [-0.2, 0) is 0 Å². The monoisotopic (exact) mass is 726 g/mol. The Kier molecular flexibility index (Phi) is 6.86. The molecule has 3 heterocycles. The number of benzene rings is 8. The average molecular weight is 727 g/mol. The first kappa shape index (κ1) is 31.6. The van der Waals surface area contributed by atoms with Crippen LogP contribution < -0.4 is 0 Å². The molecule has 1 aliphatic carbocycles. The third-order valence-corrected chi connectivity index (χ3v) is 11.4. The van der Waals surface area contributed by atoms with Crippen LogP contribution in [0, 0.1) is 0 Å². The molecule has 57 heavy (non-hydrogen) atoms. The van der Waals surface area contributed by atoms with E-state index in [0.717, 1.165) is 71.7 Å². The fourth-order valence-corrected chi connectivity index (χ4v) is 8.85. The molecule has 0 radical (unpaired) electrons. The van der Waals surface area contributed by atoms with Crippen LogP contribution in [0.5, 0.6) is 0 Å². The van der Waals surface area contributed by atoms with Gasteiger partial charge in [0.25, 0.3) is 0 Å². The molecule has 1 aliphatic rings. The Morgan fingerprint density at radius 3 is 1.77 bits per heavy atom. The van der Waals surface area contributed by atoms with Crippen molar-refractivity contribution in [3.63, 3.8) is 0 Å². The van der Waals surface area contributed by atoms with Gasteiger partial charge in [0, 0.05) is 45.4 Å². The molecule has 12 rings (SSSR count). The molecule has 0 amide bonds. The number of aromatic nitrogens is 4. The molecule has 0 atom stereocenters. The summed E-state index contributed by atoms with van der Waals surface area (Å²) in [6, 6.07) is 59.3. The van der Waals surface area contributed by atoms with E-state index in [4.69, 9.17) is 19.4 Å². The van der Waals surface area contributed by atoms with Gasteiger partial charge in [-0.15, -0.1) is 0 Å². The van der Waals surface area contributed by atoms with Crippen molar-refractivity contribution in [1.29, 1.82) is 0 Å². The molecular formula is C52H30N4O. The Hall–Kier alpha value is -7.76. The van der Waals surface area contributed by atoms with E-state index in [-0.39, 0.29) is 0 Å². The van der Waals surface area contributed by atoms with Gasteiger partial charge in [0.05, 0.1) is 0 Å². The van der Waals surface area contributed by atoms with Crippen LogP contribution in [0.15, 0.2) is 187 Å². The molecule has 0 saturated heterocycles. The number of para-hydroxylation sites is 1. The molecule has 3 aromatic heterocycles. The fourth-order valence-electron chi connectivity index (χ4n) is 8.85. The standard InChI is InChI=1S/C52H30N4O/c1-2-11-31(12-3-1)50-54-51(33-14-8-13-32(29-33)34-23-25-42-38-27-28-53-30-45(38)41-19-9-18-39(34)48(41)42)56-52(55-50)43-26-24-37(35-15-4-5-16-36(35)43)40-20-10-22-47-49(40)44-17-6-7-21-46(44)57-47/h1-30H. The van der Waals surface area contributed by atoms with Gasteiger partial charge in [-0.1, -0.05) is 140 Å². The topological polar surface area (TPSA) is 64.7 Å². The second-order valence-corrected chi connectivity index (χ2v) is 14.5. The number of pyridine rings is 1. The lowest BCUT2D eigenvalue weighted by atomic mass is 9.92. The predicted octanol–water partition coefficient (Wildman–Crippen LogP) is 13.5. The molecule has 0 fully saturated rings. The highest BCUT2D eigenvalue weighted by Crippen LogP contribution is 2.49.